The summed E-state index contributed by atoms with van der Waals surface area (Å²) in [6.07, 6.45) is -9.53. The number of rotatable bonds is 13. The highest BCUT2D eigenvalue weighted by molar-refractivity contribution is 7.99. The molecule has 326 valence electrons. The fourth-order valence-corrected chi connectivity index (χ4v) is 8.41. The van der Waals surface area contributed by atoms with Crippen molar-refractivity contribution in [1.82, 2.24) is 39.4 Å². The number of aromatic nitrogens is 7. The fourth-order valence-electron chi connectivity index (χ4n) is 7.84. The molecule has 1 amide bonds. The van der Waals surface area contributed by atoms with Crippen LogP contribution in [0.4, 0.5) is 54.1 Å². The van der Waals surface area contributed by atoms with E-state index in [2.05, 4.69) is 30.2 Å². The number of hydrogen-bond acceptors (Lipinski definition) is 8. The summed E-state index contributed by atoms with van der Waals surface area (Å²) in [6, 6.07) is 5.38. The summed E-state index contributed by atoms with van der Waals surface area (Å²) in [7, 11) is 0. The maximum Gasteiger partial charge on any atom is 0.433 e. The van der Waals surface area contributed by atoms with Crippen LogP contribution >= 0.6 is 23.5 Å². The second kappa shape index (κ2) is 15.9. The van der Waals surface area contributed by atoms with Gasteiger partial charge >= 0.3 is 6.18 Å². The number of benzene rings is 2. The molecule has 24 heteroatoms. The van der Waals surface area contributed by atoms with E-state index in [1.807, 2.05) is 0 Å². The predicted molar refractivity (Wildman–Crippen MR) is 202 cm³/mol. The molecule has 0 radical (unpaired) electrons. The standard InChI is InChI=1S/C38H27ClF11N9O2S/c1-62-56-35-30-21(39)3-4-24(32(30)57(55-35)13-26(42)43)59-28(61)11-22(16-2-5-25(51-12-16)38(48,49)50)53-36(59)23(8-15-6-17(40)9-18(41)7-15)52-27(60)14-58-33-29(31(54-58)34(44)45)19-10-20(19)37(33,46)47/h2-7,9,11-12,19-20,23,26,34H,8,10,13-14H2,1H3,(H,52,60)(H,55,56). The van der Waals surface area contributed by atoms with Crippen molar-refractivity contribution in [3.8, 4) is 16.9 Å². The van der Waals surface area contributed by atoms with Crippen LogP contribution in [0.15, 0.2) is 59.5 Å². The molecule has 4 heterocycles. The molecule has 0 saturated heterocycles. The first-order valence-corrected chi connectivity index (χ1v) is 19.8. The zero-order chi connectivity index (χ0) is 44.6. The third-order valence-corrected chi connectivity index (χ3v) is 11.0. The molecule has 3 unspecified atom stereocenters. The summed E-state index contributed by atoms with van der Waals surface area (Å²) in [5.41, 5.74) is -5.67. The van der Waals surface area contributed by atoms with Gasteiger partial charge in [-0.3, -0.25) is 28.5 Å². The molecule has 2 aliphatic rings. The number of halogens is 12. The summed E-state index contributed by atoms with van der Waals surface area (Å²) >= 11 is 7.57. The van der Waals surface area contributed by atoms with E-state index in [1.54, 1.807) is 6.26 Å². The first kappa shape index (κ1) is 43.0. The highest BCUT2D eigenvalue weighted by Crippen LogP contribution is 2.68. The van der Waals surface area contributed by atoms with Gasteiger partial charge in [0.15, 0.2) is 5.82 Å². The van der Waals surface area contributed by atoms with Crippen LogP contribution in [0.2, 0.25) is 5.02 Å². The van der Waals surface area contributed by atoms with Crippen LogP contribution < -0.4 is 15.6 Å². The molecule has 1 saturated carbocycles. The first-order valence-electron chi connectivity index (χ1n) is 18.2. The highest BCUT2D eigenvalue weighted by atomic mass is 35.5. The van der Waals surface area contributed by atoms with Crippen molar-refractivity contribution in [2.45, 2.75) is 62.8 Å². The summed E-state index contributed by atoms with van der Waals surface area (Å²) < 4.78 is 162. The molecule has 11 nitrogen and oxygen atoms in total. The van der Waals surface area contributed by atoms with Gasteiger partial charge < -0.3 is 10.0 Å². The molecule has 2 aromatic carbocycles. The third-order valence-electron chi connectivity index (χ3n) is 10.3. The minimum absolute atomic E-state index is 0.0144. The lowest BCUT2D eigenvalue weighted by Gasteiger charge is -2.24. The van der Waals surface area contributed by atoms with Crippen LogP contribution in [0.3, 0.4) is 0 Å². The summed E-state index contributed by atoms with van der Waals surface area (Å²) in [5, 5.41) is 10.4. The Morgan fingerprint density at radius 2 is 1.74 bits per heavy atom. The average Bonchev–Trinajstić information content (AvgIpc) is 3.70. The second-order valence-electron chi connectivity index (χ2n) is 14.4. The van der Waals surface area contributed by atoms with Crippen molar-refractivity contribution in [3.63, 3.8) is 0 Å². The van der Waals surface area contributed by atoms with E-state index in [-0.39, 0.29) is 56.2 Å². The van der Waals surface area contributed by atoms with Crippen molar-refractivity contribution in [1.29, 1.82) is 0 Å². The van der Waals surface area contributed by atoms with Crippen molar-refractivity contribution in [2.75, 3.05) is 11.0 Å². The molecule has 62 heavy (non-hydrogen) atoms. The largest absolute Gasteiger partial charge is 0.433 e. The van der Waals surface area contributed by atoms with Gasteiger partial charge in [-0.1, -0.05) is 23.5 Å². The third kappa shape index (κ3) is 7.83. The molecule has 3 atom stereocenters. The van der Waals surface area contributed by atoms with Crippen LogP contribution in [-0.4, -0.2) is 52.7 Å². The molecule has 0 spiro atoms. The Kier molecular flexibility index (Phi) is 11.0. The Balaban J connectivity index is 1.34. The van der Waals surface area contributed by atoms with E-state index in [9.17, 15) is 49.1 Å². The van der Waals surface area contributed by atoms with Crippen molar-refractivity contribution >= 4 is 46.2 Å². The Morgan fingerprint density at radius 3 is 2.37 bits per heavy atom. The number of alkyl halides is 9. The van der Waals surface area contributed by atoms with Gasteiger partial charge in [0, 0.05) is 48.1 Å². The molecule has 2 aliphatic carbocycles. The van der Waals surface area contributed by atoms with Gasteiger partial charge in [0.1, 0.15) is 47.6 Å². The number of hydrogen-bond donors (Lipinski definition) is 2. The van der Waals surface area contributed by atoms with Gasteiger partial charge in [0.2, 0.25) is 5.91 Å². The van der Waals surface area contributed by atoms with Gasteiger partial charge in [-0.15, -0.1) is 0 Å². The molecule has 8 rings (SSSR count). The molecule has 4 aromatic heterocycles. The van der Waals surface area contributed by atoms with Gasteiger partial charge in [0.05, 0.1) is 33.3 Å². The number of carbonyl (C=O) groups excluding carboxylic acids is 1. The first-order chi connectivity index (χ1) is 29.3. The minimum atomic E-state index is -4.86. The van der Waals surface area contributed by atoms with Gasteiger partial charge in [-0.05, 0) is 54.3 Å². The Morgan fingerprint density at radius 1 is 1.02 bits per heavy atom. The number of fused-ring (bicyclic) bond motifs is 4. The number of carbonyl (C=O) groups is 1. The lowest BCUT2D eigenvalue weighted by molar-refractivity contribution is -0.141. The van der Waals surface area contributed by atoms with E-state index >= 15 is 8.78 Å². The van der Waals surface area contributed by atoms with Gasteiger partial charge in [0.25, 0.3) is 24.3 Å². The van der Waals surface area contributed by atoms with Crippen LogP contribution in [0, 0.1) is 17.6 Å². The molecule has 0 aliphatic heterocycles. The number of nitrogens with zero attached hydrogens (tertiary/aromatic N) is 7. The highest BCUT2D eigenvalue weighted by Gasteiger charge is 2.67. The van der Waals surface area contributed by atoms with Crippen LogP contribution in [0.1, 0.15) is 58.8 Å². The van der Waals surface area contributed by atoms with Crippen molar-refractivity contribution < 1.29 is 53.1 Å². The Bertz CT molecular complexity index is 2770. The van der Waals surface area contributed by atoms with Crippen LogP contribution in [-0.2, 0) is 36.4 Å². The van der Waals surface area contributed by atoms with Crippen molar-refractivity contribution in [2.24, 2.45) is 5.92 Å². The topological polar surface area (TPSA) is 125 Å². The van der Waals surface area contributed by atoms with E-state index in [0.29, 0.717) is 16.8 Å². The molecular weight excluding hydrogens is 891 g/mol. The van der Waals surface area contributed by atoms with Gasteiger partial charge in [-0.25, -0.2) is 31.3 Å². The molecule has 6 aromatic rings. The zero-order valence-corrected chi connectivity index (χ0v) is 32.9. The summed E-state index contributed by atoms with van der Waals surface area (Å²) in [5.74, 6) is -9.74. The normalized spacial score (nSPS) is 17.1. The van der Waals surface area contributed by atoms with E-state index in [1.165, 1.54) is 12.1 Å². The van der Waals surface area contributed by atoms with Crippen LogP contribution in [0.25, 0.3) is 27.8 Å². The monoisotopic (exact) mass is 917 g/mol. The second-order valence-corrected chi connectivity index (χ2v) is 15.4. The lowest BCUT2D eigenvalue weighted by Crippen LogP contribution is -2.38. The zero-order valence-electron chi connectivity index (χ0n) is 31.3. The maximum atomic E-state index is 15.5. The lowest BCUT2D eigenvalue weighted by atomic mass is 10.0. The number of anilines is 1. The molecule has 2 N–H and O–H groups in total. The van der Waals surface area contributed by atoms with Gasteiger partial charge in [-0.2, -0.15) is 32.1 Å². The Labute approximate surface area is 350 Å². The van der Waals surface area contributed by atoms with Crippen LogP contribution in [0.5, 0.6) is 0 Å². The Hall–Kier alpha value is -5.71. The quantitative estimate of drug-likeness (QED) is 0.0870. The summed E-state index contributed by atoms with van der Waals surface area (Å²) in [4.78, 5) is 36.4. The number of nitrogens with one attached hydrogen (secondary N) is 2. The number of amides is 1. The van der Waals surface area contributed by atoms with E-state index in [4.69, 9.17) is 11.6 Å². The summed E-state index contributed by atoms with van der Waals surface area (Å²) in [6.45, 7) is -2.16. The molecule has 0 bridgehead atoms. The number of pyridine rings is 1. The predicted octanol–water partition coefficient (Wildman–Crippen LogP) is 8.99. The van der Waals surface area contributed by atoms with E-state index < -0.39 is 108 Å². The van der Waals surface area contributed by atoms with E-state index in [0.717, 1.165) is 51.7 Å². The minimum Gasteiger partial charge on any atom is -0.344 e. The smallest absolute Gasteiger partial charge is 0.344 e. The molecule has 1 fully saturated rings. The SMILES string of the molecule is CSNc1nn(CC(F)F)c2c(-n3c(C(Cc4cc(F)cc(F)c4)NC(=O)Cn4nc(C(F)F)c5c4C(F)(F)C4CC54)nc(-c4ccc(C(F)(F)F)nc4)cc3=O)ccc(Cl)c12. The molecular formula is C38H27ClF11N9O2S. The maximum absolute atomic E-state index is 15.5. The average molecular weight is 918 g/mol. The van der Waals surface area contributed by atoms with Crippen molar-refractivity contribution in [3.05, 3.63) is 116 Å². The fraction of sp³-hybridized carbons (Fsp3) is 0.316.